The van der Waals surface area contributed by atoms with Crippen LogP contribution in [-0.2, 0) is 6.42 Å². The smallest absolute Gasteiger partial charge is 0.184 e. The van der Waals surface area contributed by atoms with Gasteiger partial charge in [0.15, 0.2) is 11.5 Å². The minimum Gasteiger partial charge on any atom is -0.486 e. The maximum atomic E-state index is 5.90. The number of piperazine rings is 1. The van der Waals surface area contributed by atoms with Gasteiger partial charge in [-0.15, -0.1) is 0 Å². The summed E-state index contributed by atoms with van der Waals surface area (Å²) >= 11 is 0. The molecule has 1 N–H and O–H groups in total. The Morgan fingerprint density at radius 2 is 2.05 bits per heavy atom. The fraction of sp³-hybridized carbons (Fsp3) is 0.600. The van der Waals surface area contributed by atoms with Gasteiger partial charge in [-0.3, -0.25) is 0 Å². The zero-order chi connectivity index (χ0) is 13.2. The predicted molar refractivity (Wildman–Crippen MR) is 76.5 cm³/mol. The van der Waals surface area contributed by atoms with Gasteiger partial charge in [0.25, 0.3) is 0 Å². The standard InChI is InChI=1S/C15H22N2O2/c1-3-12-4-5-13(15-14(12)18-8-9-19-15)17-7-6-16-11(2)10-17/h4-5,11,16H,3,6-10H2,1-2H3. The molecule has 1 saturated heterocycles. The van der Waals surface area contributed by atoms with Gasteiger partial charge in [-0.05, 0) is 25.0 Å². The number of fused-ring (bicyclic) bond motifs is 1. The molecule has 0 amide bonds. The van der Waals surface area contributed by atoms with E-state index in [1.54, 1.807) is 0 Å². The summed E-state index contributed by atoms with van der Waals surface area (Å²) in [5.41, 5.74) is 2.42. The molecule has 2 aliphatic heterocycles. The zero-order valence-electron chi connectivity index (χ0n) is 11.7. The van der Waals surface area contributed by atoms with Crippen molar-refractivity contribution in [2.45, 2.75) is 26.3 Å². The molecule has 0 aromatic heterocycles. The molecule has 1 unspecified atom stereocenters. The molecule has 0 radical (unpaired) electrons. The Morgan fingerprint density at radius 1 is 1.26 bits per heavy atom. The predicted octanol–water partition coefficient (Wildman–Crippen LogP) is 1.82. The van der Waals surface area contributed by atoms with Crippen molar-refractivity contribution in [2.24, 2.45) is 0 Å². The van der Waals surface area contributed by atoms with Crippen LogP contribution in [0.25, 0.3) is 0 Å². The maximum Gasteiger partial charge on any atom is 0.184 e. The third-order valence-electron chi connectivity index (χ3n) is 3.84. The van der Waals surface area contributed by atoms with Crippen LogP contribution in [0.1, 0.15) is 19.4 Å². The Bertz CT molecular complexity index is 462. The second kappa shape index (κ2) is 5.29. The number of hydrogen-bond donors (Lipinski definition) is 1. The van der Waals surface area contributed by atoms with Crippen molar-refractivity contribution in [3.8, 4) is 11.5 Å². The minimum atomic E-state index is 0.514. The lowest BCUT2D eigenvalue weighted by molar-refractivity contribution is 0.170. The Labute approximate surface area is 114 Å². The van der Waals surface area contributed by atoms with E-state index < -0.39 is 0 Å². The van der Waals surface area contributed by atoms with Crippen LogP contribution >= 0.6 is 0 Å². The highest BCUT2D eigenvalue weighted by Crippen LogP contribution is 2.42. The SMILES string of the molecule is CCc1ccc(N2CCNC(C)C2)c2c1OCCO2. The van der Waals surface area contributed by atoms with E-state index in [2.05, 4.69) is 36.2 Å². The average Bonchev–Trinajstić information content (AvgIpc) is 2.46. The molecular weight excluding hydrogens is 240 g/mol. The third-order valence-corrected chi connectivity index (χ3v) is 3.84. The molecule has 1 atom stereocenters. The van der Waals surface area contributed by atoms with Crippen molar-refractivity contribution in [1.82, 2.24) is 5.32 Å². The maximum absolute atomic E-state index is 5.90. The highest BCUT2D eigenvalue weighted by atomic mass is 16.6. The second-order valence-corrected chi connectivity index (χ2v) is 5.25. The quantitative estimate of drug-likeness (QED) is 0.881. The molecule has 1 fully saturated rings. The van der Waals surface area contributed by atoms with E-state index in [1.807, 2.05) is 0 Å². The van der Waals surface area contributed by atoms with Crippen molar-refractivity contribution >= 4 is 5.69 Å². The van der Waals surface area contributed by atoms with Crippen molar-refractivity contribution in [3.63, 3.8) is 0 Å². The number of rotatable bonds is 2. The van der Waals surface area contributed by atoms with E-state index in [0.29, 0.717) is 19.3 Å². The van der Waals surface area contributed by atoms with Crippen LogP contribution in [0.4, 0.5) is 5.69 Å². The van der Waals surface area contributed by atoms with E-state index in [1.165, 1.54) is 11.3 Å². The average molecular weight is 262 g/mol. The van der Waals surface area contributed by atoms with E-state index in [4.69, 9.17) is 9.47 Å². The van der Waals surface area contributed by atoms with Crippen molar-refractivity contribution < 1.29 is 9.47 Å². The van der Waals surface area contributed by atoms with Crippen LogP contribution < -0.4 is 19.7 Å². The molecule has 4 heteroatoms. The topological polar surface area (TPSA) is 33.7 Å². The summed E-state index contributed by atoms with van der Waals surface area (Å²) in [5.74, 6) is 1.90. The summed E-state index contributed by atoms with van der Waals surface area (Å²) in [6.07, 6.45) is 0.976. The van der Waals surface area contributed by atoms with Crippen molar-refractivity contribution in [1.29, 1.82) is 0 Å². The molecule has 1 aromatic rings. The zero-order valence-corrected chi connectivity index (χ0v) is 11.7. The first-order chi connectivity index (χ1) is 9.29. The van der Waals surface area contributed by atoms with Gasteiger partial charge in [0.05, 0.1) is 5.69 Å². The number of nitrogens with zero attached hydrogens (tertiary/aromatic N) is 1. The normalized spacial score (nSPS) is 22.4. The molecule has 4 nitrogen and oxygen atoms in total. The van der Waals surface area contributed by atoms with Crippen LogP contribution in [0, 0.1) is 0 Å². The molecule has 2 aliphatic rings. The summed E-state index contributed by atoms with van der Waals surface area (Å²) in [6.45, 7) is 8.73. The van der Waals surface area contributed by atoms with Gasteiger partial charge in [-0.2, -0.15) is 0 Å². The van der Waals surface area contributed by atoms with Crippen LogP contribution in [0.3, 0.4) is 0 Å². The third kappa shape index (κ3) is 2.37. The van der Waals surface area contributed by atoms with E-state index in [0.717, 1.165) is 37.6 Å². The van der Waals surface area contributed by atoms with Gasteiger partial charge in [0, 0.05) is 25.7 Å². The lowest BCUT2D eigenvalue weighted by Gasteiger charge is -2.36. The Hall–Kier alpha value is -1.42. The molecule has 104 valence electrons. The largest absolute Gasteiger partial charge is 0.486 e. The summed E-state index contributed by atoms with van der Waals surface area (Å²) in [5, 5.41) is 3.47. The lowest BCUT2D eigenvalue weighted by Crippen LogP contribution is -2.49. The lowest BCUT2D eigenvalue weighted by atomic mass is 10.1. The second-order valence-electron chi connectivity index (χ2n) is 5.25. The minimum absolute atomic E-state index is 0.514. The fourth-order valence-corrected chi connectivity index (χ4v) is 2.86. The summed E-state index contributed by atoms with van der Waals surface area (Å²) < 4.78 is 11.7. The first kappa shape index (κ1) is 12.6. The van der Waals surface area contributed by atoms with E-state index >= 15 is 0 Å². The number of nitrogens with one attached hydrogen (secondary N) is 1. The number of hydrogen-bond acceptors (Lipinski definition) is 4. The molecule has 2 heterocycles. The van der Waals surface area contributed by atoms with Crippen molar-refractivity contribution in [2.75, 3.05) is 37.7 Å². The van der Waals surface area contributed by atoms with Gasteiger partial charge < -0.3 is 19.7 Å². The fourth-order valence-electron chi connectivity index (χ4n) is 2.86. The van der Waals surface area contributed by atoms with E-state index in [-0.39, 0.29) is 0 Å². The molecule has 19 heavy (non-hydrogen) atoms. The molecule has 0 aliphatic carbocycles. The molecule has 3 rings (SSSR count). The van der Waals surface area contributed by atoms with Crippen LogP contribution in [-0.4, -0.2) is 38.9 Å². The van der Waals surface area contributed by atoms with Crippen molar-refractivity contribution in [3.05, 3.63) is 17.7 Å². The summed E-state index contributed by atoms with van der Waals surface area (Å²) in [7, 11) is 0. The van der Waals surface area contributed by atoms with Gasteiger partial charge in [-0.1, -0.05) is 13.0 Å². The molecule has 0 bridgehead atoms. The first-order valence-corrected chi connectivity index (χ1v) is 7.19. The Morgan fingerprint density at radius 3 is 2.79 bits per heavy atom. The molecular formula is C15H22N2O2. The molecule has 0 saturated carbocycles. The molecule has 1 aromatic carbocycles. The summed E-state index contributed by atoms with van der Waals surface area (Å²) in [6, 6.07) is 4.87. The Balaban J connectivity index is 1.97. The first-order valence-electron chi connectivity index (χ1n) is 7.19. The van der Waals surface area contributed by atoms with Gasteiger partial charge >= 0.3 is 0 Å². The van der Waals surface area contributed by atoms with E-state index in [9.17, 15) is 0 Å². The van der Waals surface area contributed by atoms with Gasteiger partial charge in [-0.25, -0.2) is 0 Å². The Kier molecular flexibility index (Phi) is 3.51. The number of anilines is 1. The highest BCUT2D eigenvalue weighted by molar-refractivity contribution is 5.68. The van der Waals surface area contributed by atoms with Crippen LogP contribution in [0.2, 0.25) is 0 Å². The number of benzene rings is 1. The highest BCUT2D eigenvalue weighted by Gasteiger charge is 2.25. The monoisotopic (exact) mass is 262 g/mol. The summed E-state index contributed by atoms with van der Waals surface area (Å²) in [4.78, 5) is 2.40. The number of ether oxygens (including phenoxy) is 2. The van der Waals surface area contributed by atoms with Gasteiger partial charge in [0.2, 0.25) is 0 Å². The van der Waals surface area contributed by atoms with Gasteiger partial charge in [0.1, 0.15) is 13.2 Å². The molecule has 0 spiro atoms. The number of aryl methyl sites for hydroxylation is 1. The van der Waals surface area contributed by atoms with Crippen LogP contribution in [0.5, 0.6) is 11.5 Å². The van der Waals surface area contributed by atoms with Crippen LogP contribution in [0.15, 0.2) is 12.1 Å².